The molecule has 1 amide bonds. The number of hydrogen-bond acceptors (Lipinski definition) is 3. The minimum atomic E-state index is 0.0130. The van der Waals surface area contributed by atoms with Crippen molar-refractivity contribution in [3.05, 3.63) is 52.5 Å². The Morgan fingerprint density at radius 3 is 2.90 bits per heavy atom. The van der Waals surface area contributed by atoms with Crippen LogP contribution in [0.15, 0.2) is 36.4 Å². The van der Waals surface area contributed by atoms with Crippen molar-refractivity contribution in [1.29, 1.82) is 0 Å². The van der Waals surface area contributed by atoms with Crippen molar-refractivity contribution in [2.75, 3.05) is 23.0 Å². The molecular weight excluding hydrogens is 286 g/mol. The Morgan fingerprint density at radius 1 is 1.33 bits per heavy atom. The highest BCUT2D eigenvalue weighted by Crippen LogP contribution is 2.33. The van der Waals surface area contributed by atoms with Gasteiger partial charge in [0.2, 0.25) is 5.91 Å². The van der Waals surface area contributed by atoms with Gasteiger partial charge in [0.15, 0.2) is 0 Å². The van der Waals surface area contributed by atoms with Gasteiger partial charge in [0.25, 0.3) is 0 Å². The highest BCUT2D eigenvalue weighted by Gasteiger charge is 2.20. The molecule has 0 aliphatic carbocycles. The largest absolute Gasteiger partial charge is 0.397 e. The van der Waals surface area contributed by atoms with Gasteiger partial charge in [-0.25, -0.2) is 0 Å². The Labute approximate surface area is 128 Å². The number of halogens is 1. The fraction of sp³-hybridized carbons (Fsp3) is 0.188. The van der Waals surface area contributed by atoms with Crippen molar-refractivity contribution >= 4 is 34.6 Å². The summed E-state index contributed by atoms with van der Waals surface area (Å²) in [4.78, 5) is 13.5. The first kappa shape index (κ1) is 13.8. The predicted molar refractivity (Wildman–Crippen MR) is 86.7 cm³/mol. The van der Waals surface area contributed by atoms with E-state index in [9.17, 15) is 4.79 Å². The van der Waals surface area contributed by atoms with Crippen molar-refractivity contribution in [3.63, 3.8) is 0 Å². The molecule has 0 atom stereocenters. The third-order valence-electron chi connectivity index (χ3n) is 3.60. The van der Waals surface area contributed by atoms with Crippen LogP contribution >= 0.6 is 11.6 Å². The Bertz CT molecular complexity index is 715. The van der Waals surface area contributed by atoms with Crippen LogP contribution in [0.5, 0.6) is 0 Å². The maximum absolute atomic E-state index is 11.4. The molecule has 0 bridgehead atoms. The van der Waals surface area contributed by atoms with Gasteiger partial charge in [-0.05, 0) is 35.4 Å². The Balaban J connectivity index is 1.87. The summed E-state index contributed by atoms with van der Waals surface area (Å²) in [6, 6.07) is 11.5. The van der Waals surface area contributed by atoms with Gasteiger partial charge in [-0.15, -0.1) is 0 Å². The Morgan fingerprint density at radius 2 is 2.14 bits per heavy atom. The third-order valence-corrected chi connectivity index (χ3v) is 3.83. The van der Waals surface area contributed by atoms with E-state index in [1.165, 1.54) is 0 Å². The third kappa shape index (κ3) is 2.81. The van der Waals surface area contributed by atoms with Crippen molar-refractivity contribution < 1.29 is 4.79 Å². The van der Waals surface area contributed by atoms with E-state index in [2.05, 4.69) is 5.32 Å². The van der Waals surface area contributed by atoms with Crippen molar-refractivity contribution in [1.82, 2.24) is 0 Å². The maximum Gasteiger partial charge on any atom is 0.228 e. The maximum atomic E-state index is 11.4. The van der Waals surface area contributed by atoms with Crippen LogP contribution in [0.1, 0.15) is 11.1 Å². The van der Waals surface area contributed by atoms with Gasteiger partial charge < -0.3 is 16.0 Å². The molecule has 3 rings (SSSR count). The van der Waals surface area contributed by atoms with E-state index in [0.29, 0.717) is 18.7 Å². The van der Waals surface area contributed by atoms with Gasteiger partial charge in [-0.2, -0.15) is 0 Å². The van der Waals surface area contributed by atoms with Crippen LogP contribution in [0.2, 0.25) is 5.02 Å². The number of rotatable bonds is 3. The molecular formula is C16H16ClN3O. The second-order valence-electron chi connectivity index (χ2n) is 5.28. The lowest BCUT2D eigenvalue weighted by Crippen LogP contribution is -2.18. The number of nitrogens with one attached hydrogen (secondary N) is 1. The minimum absolute atomic E-state index is 0.0130. The SMILES string of the molecule is CN(Cc1cccc(Cl)c1)c1cc2c(cc1N)CC(=O)N2. The smallest absolute Gasteiger partial charge is 0.228 e. The Hall–Kier alpha value is -2.20. The van der Waals surface area contributed by atoms with E-state index in [1.807, 2.05) is 48.3 Å². The normalized spacial score (nSPS) is 13.0. The van der Waals surface area contributed by atoms with Gasteiger partial charge in [0.05, 0.1) is 17.8 Å². The topological polar surface area (TPSA) is 58.4 Å². The molecule has 0 unspecified atom stereocenters. The molecule has 2 aromatic carbocycles. The highest BCUT2D eigenvalue weighted by molar-refractivity contribution is 6.30. The lowest BCUT2D eigenvalue weighted by molar-refractivity contribution is -0.115. The standard InChI is InChI=1S/C16H16ClN3O/c1-20(9-10-3-2-4-12(17)5-10)15-8-14-11(6-13(15)18)7-16(21)19-14/h2-6,8H,7,9,18H2,1H3,(H,19,21). The van der Waals surface area contributed by atoms with E-state index >= 15 is 0 Å². The number of fused-ring (bicyclic) bond motifs is 1. The molecule has 0 fully saturated rings. The number of nitrogen functional groups attached to an aromatic ring is 1. The summed E-state index contributed by atoms with van der Waals surface area (Å²) < 4.78 is 0. The Kier molecular flexibility index (Phi) is 3.47. The molecule has 0 saturated heterocycles. The summed E-state index contributed by atoms with van der Waals surface area (Å²) in [6.07, 6.45) is 0.401. The molecule has 0 aromatic heterocycles. The predicted octanol–water partition coefficient (Wildman–Crippen LogP) is 3.05. The fourth-order valence-electron chi connectivity index (χ4n) is 2.61. The van der Waals surface area contributed by atoms with E-state index in [1.54, 1.807) is 0 Å². The molecule has 1 aliphatic rings. The monoisotopic (exact) mass is 301 g/mol. The zero-order valence-electron chi connectivity index (χ0n) is 11.7. The van der Waals surface area contributed by atoms with E-state index < -0.39 is 0 Å². The number of nitrogens with zero attached hydrogens (tertiary/aromatic N) is 1. The average Bonchev–Trinajstić information content (AvgIpc) is 2.76. The summed E-state index contributed by atoms with van der Waals surface area (Å²) in [5, 5.41) is 3.57. The van der Waals surface area contributed by atoms with E-state index in [4.69, 9.17) is 17.3 Å². The minimum Gasteiger partial charge on any atom is -0.397 e. The molecule has 1 heterocycles. The van der Waals surface area contributed by atoms with Crippen molar-refractivity contribution in [3.8, 4) is 0 Å². The molecule has 0 saturated carbocycles. The van der Waals surface area contributed by atoms with Gasteiger partial charge in [-0.3, -0.25) is 4.79 Å². The lowest BCUT2D eigenvalue weighted by atomic mass is 10.1. The second-order valence-corrected chi connectivity index (χ2v) is 5.72. The molecule has 3 N–H and O–H groups in total. The van der Waals surface area contributed by atoms with Crippen LogP contribution in [0.3, 0.4) is 0 Å². The van der Waals surface area contributed by atoms with Gasteiger partial charge >= 0.3 is 0 Å². The first-order valence-electron chi connectivity index (χ1n) is 6.71. The number of carbonyl (C=O) groups is 1. The van der Waals surface area contributed by atoms with E-state index in [0.717, 1.165) is 27.5 Å². The molecule has 108 valence electrons. The fourth-order valence-corrected chi connectivity index (χ4v) is 2.82. The number of carbonyl (C=O) groups excluding carboxylic acids is 1. The van der Waals surface area contributed by atoms with Crippen LogP contribution in [0, 0.1) is 0 Å². The molecule has 0 spiro atoms. The summed E-state index contributed by atoms with van der Waals surface area (Å²) in [6.45, 7) is 0.692. The number of anilines is 3. The van der Waals surface area contributed by atoms with E-state index in [-0.39, 0.29) is 5.91 Å². The number of hydrogen-bond donors (Lipinski definition) is 2. The van der Waals surface area contributed by atoms with Crippen molar-refractivity contribution in [2.45, 2.75) is 13.0 Å². The van der Waals surface area contributed by atoms with Crippen LogP contribution in [0.4, 0.5) is 17.1 Å². The molecule has 1 aliphatic heterocycles. The second kappa shape index (κ2) is 5.30. The van der Waals surface area contributed by atoms with Crippen LogP contribution in [0.25, 0.3) is 0 Å². The van der Waals surface area contributed by atoms with Crippen LogP contribution < -0.4 is 16.0 Å². The summed E-state index contributed by atoms with van der Waals surface area (Å²) >= 11 is 6.01. The van der Waals surface area contributed by atoms with Crippen LogP contribution in [-0.2, 0) is 17.8 Å². The first-order valence-corrected chi connectivity index (χ1v) is 7.08. The number of amides is 1. The number of nitrogens with two attached hydrogens (primary N) is 1. The lowest BCUT2D eigenvalue weighted by Gasteiger charge is -2.22. The van der Waals surface area contributed by atoms with Gasteiger partial charge in [0.1, 0.15) is 0 Å². The summed E-state index contributed by atoms with van der Waals surface area (Å²) in [5.74, 6) is 0.0130. The molecule has 5 heteroatoms. The van der Waals surface area contributed by atoms with Crippen LogP contribution in [-0.4, -0.2) is 13.0 Å². The number of benzene rings is 2. The molecule has 4 nitrogen and oxygen atoms in total. The average molecular weight is 302 g/mol. The summed E-state index contributed by atoms with van der Waals surface area (Å²) in [7, 11) is 1.97. The summed E-state index contributed by atoms with van der Waals surface area (Å²) in [5.41, 5.74) is 10.6. The molecule has 2 aromatic rings. The zero-order valence-corrected chi connectivity index (χ0v) is 12.4. The van der Waals surface area contributed by atoms with Gasteiger partial charge in [-0.1, -0.05) is 23.7 Å². The van der Waals surface area contributed by atoms with Gasteiger partial charge in [0, 0.05) is 24.3 Å². The quantitative estimate of drug-likeness (QED) is 0.857. The zero-order chi connectivity index (χ0) is 15.0. The molecule has 0 radical (unpaired) electrons. The van der Waals surface area contributed by atoms with Crippen molar-refractivity contribution in [2.24, 2.45) is 0 Å². The first-order chi connectivity index (χ1) is 10.0. The highest BCUT2D eigenvalue weighted by atomic mass is 35.5. The molecule has 21 heavy (non-hydrogen) atoms.